The minimum atomic E-state index is -0.575. The summed E-state index contributed by atoms with van der Waals surface area (Å²) in [5, 5.41) is 2.19. The van der Waals surface area contributed by atoms with Gasteiger partial charge in [0.05, 0.1) is 30.9 Å². The number of carbonyl (C=O) groups excluding carboxylic acids is 3. The monoisotopic (exact) mass is 428 g/mol. The van der Waals surface area contributed by atoms with Gasteiger partial charge in [-0.1, -0.05) is 19.1 Å². The molecule has 1 fully saturated rings. The van der Waals surface area contributed by atoms with Gasteiger partial charge in [-0.2, -0.15) is 0 Å². The Morgan fingerprint density at radius 3 is 2.30 bits per heavy atom. The topological polar surface area (TPSA) is 84.9 Å². The Morgan fingerprint density at radius 1 is 1.10 bits per heavy atom. The highest BCUT2D eigenvalue weighted by atomic mass is 32.2. The van der Waals surface area contributed by atoms with E-state index in [4.69, 9.17) is 9.47 Å². The zero-order chi connectivity index (χ0) is 21.7. The Kier molecular flexibility index (Phi) is 6.99. The average molecular weight is 429 g/mol. The van der Waals surface area contributed by atoms with Crippen molar-refractivity contribution in [2.45, 2.75) is 25.0 Å². The van der Waals surface area contributed by atoms with Gasteiger partial charge in [0, 0.05) is 30.3 Å². The van der Waals surface area contributed by atoms with Gasteiger partial charge in [0.25, 0.3) is 0 Å². The average Bonchev–Trinajstić information content (AvgIpc) is 3.05. The van der Waals surface area contributed by atoms with Gasteiger partial charge in [-0.05, 0) is 24.1 Å². The summed E-state index contributed by atoms with van der Waals surface area (Å²) in [4.78, 5) is 38.7. The second-order valence-electron chi connectivity index (χ2n) is 6.74. The van der Waals surface area contributed by atoms with Gasteiger partial charge >= 0.3 is 0 Å². The molecule has 0 bridgehead atoms. The van der Waals surface area contributed by atoms with Gasteiger partial charge in [-0.25, -0.2) is 4.90 Å². The fraction of sp³-hybridized carbons (Fsp3) is 0.318. The maximum atomic E-state index is 12.7. The van der Waals surface area contributed by atoms with Crippen molar-refractivity contribution < 1.29 is 23.9 Å². The van der Waals surface area contributed by atoms with Crippen molar-refractivity contribution in [3.8, 4) is 11.5 Å². The first-order valence-corrected chi connectivity index (χ1v) is 10.6. The summed E-state index contributed by atoms with van der Waals surface area (Å²) in [5.41, 5.74) is 2.23. The molecule has 3 rings (SSSR count). The summed E-state index contributed by atoms with van der Waals surface area (Å²) < 4.78 is 10.4. The van der Waals surface area contributed by atoms with Crippen molar-refractivity contribution in [3.63, 3.8) is 0 Å². The molecule has 0 spiro atoms. The maximum Gasteiger partial charge on any atom is 0.247 e. The van der Waals surface area contributed by atoms with Crippen LogP contribution in [0.5, 0.6) is 11.5 Å². The SMILES string of the molecule is CCc1ccc(N2C(=O)C[C@H](SCC(=O)Nc3cc(OC)cc(OC)c3)C2=O)cc1. The van der Waals surface area contributed by atoms with Gasteiger partial charge < -0.3 is 14.8 Å². The Hall–Kier alpha value is -3.00. The molecule has 0 aromatic heterocycles. The Bertz CT molecular complexity index is 923. The van der Waals surface area contributed by atoms with E-state index in [1.807, 2.05) is 19.1 Å². The summed E-state index contributed by atoms with van der Waals surface area (Å²) in [6.07, 6.45) is 0.966. The van der Waals surface area contributed by atoms with Gasteiger partial charge in [0.2, 0.25) is 17.7 Å². The zero-order valence-corrected chi connectivity index (χ0v) is 18.0. The lowest BCUT2D eigenvalue weighted by Gasteiger charge is -2.15. The minimum absolute atomic E-state index is 0.0474. The molecule has 2 aromatic rings. The molecule has 2 aromatic carbocycles. The van der Waals surface area contributed by atoms with Crippen molar-refractivity contribution in [2.75, 3.05) is 30.2 Å². The second-order valence-corrected chi connectivity index (χ2v) is 7.93. The van der Waals surface area contributed by atoms with Crippen LogP contribution in [0, 0.1) is 0 Å². The number of imide groups is 1. The maximum absolute atomic E-state index is 12.7. The summed E-state index contributed by atoms with van der Waals surface area (Å²) in [5.74, 6) is 0.342. The van der Waals surface area contributed by atoms with Crippen LogP contribution in [0.15, 0.2) is 42.5 Å². The Morgan fingerprint density at radius 2 is 1.73 bits per heavy atom. The van der Waals surface area contributed by atoms with E-state index in [-0.39, 0.29) is 29.9 Å². The van der Waals surface area contributed by atoms with E-state index in [0.29, 0.717) is 22.9 Å². The molecule has 0 unspecified atom stereocenters. The van der Waals surface area contributed by atoms with E-state index in [2.05, 4.69) is 5.32 Å². The number of anilines is 2. The quantitative estimate of drug-likeness (QED) is 0.650. The predicted molar refractivity (Wildman–Crippen MR) is 117 cm³/mol. The van der Waals surface area contributed by atoms with Crippen LogP contribution in [0.2, 0.25) is 0 Å². The minimum Gasteiger partial charge on any atom is -0.497 e. The van der Waals surface area contributed by atoms with E-state index >= 15 is 0 Å². The smallest absolute Gasteiger partial charge is 0.247 e. The number of rotatable bonds is 8. The van der Waals surface area contributed by atoms with Crippen LogP contribution in [-0.2, 0) is 20.8 Å². The number of amides is 3. The highest BCUT2D eigenvalue weighted by Gasteiger charge is 2.40. The molecule has 158 valence electrons. The normalized spacial score (nSPS) is 16.0. The summed E-state index contributed by atoms with van der Waals surface area (Å²) >= 11 is 1.16. The van der Waals surface area contributed by atoms with Crippen LogP contribution >= 0.6 is 11.8 Å². The van der Waals surface area contributed by atoms with Crippen molar-refractivity contribution in [2.24, 2.45) is 0 Å². The molecule has 1 aliphatic rings. The lowest BCUT2D eigenvalue weighted by molar-refractivity contribution is -0.121. The number of nitrogens with one attached hydrogen (secondary N) is 1. The molecule has 1 N–H and O–H groups in total. The lowest BCUT2D eigenvalue weighted by atomic mass is 10.1. The molecular weight excluding hydrogens is 404 g/mol. The number of aryl methyl sites for hydroxylation is 1. The highest BCUT2D eigenvalue weighted by molar-refractivity contribution is 8.01. The summed E-state index contributed by atoms with van der Waals surface area (Å²) in [6, 6.07) is 12.4. The van der Waals surface area contributed by atoms with Crippen LogP contribution in [0.3, 0.4) is 0 Å². The number of benzene rings is 2. The van der Waals surface area contributed by atoms with Crippen LogP contribution in [0.1, 0.15) is 18.9 Å². The van der Waals surface area contributed by atoms with Crippen molar-refractivity contribution in [3.05, 3.63) is 48.0 Å². The fourth-order valence-electron chi connectivity index (χ4n) is 3.14. The van der Waals surface area contributed by atoms with Crippen LogP contribution in [0.25, 0.3) is 0 Å². The van der Waals surface area contributed by atoms with Gasteiger partial charge in [0.1, 0.15) is 11.5 Å². The molecule has 1 atom stereocenters. The van der Waals surface area contributed by atoms with E-state index in [9.17, 15) is 14.4 Å². The molecular formula is C22H24N2O5S. The summed E-state index contributed by atoms with van der Waals surface area (Å²) in [7, 11) is 3.06. The number of nitrogens with zero attached hydrogens (tertiary/aromatic N) is 1. The number of ether oxygens (including phenoxy) is 2. The third-order valence-electron chi connectivity index (χ3n) is 4.76. The molecule has 1 saturated heterocycles. The van der Waals surface area contributed by atoms with E-state index in [0.717, 1.165) is 23.7 Å². The Balaban J connectivity index is 1.60. The van der Waals surface area contributed by atoms with Crippen molar-refractivity contribution in [1.29, 1.82) is 0 Å². The molecule has 1 aliphatic heterocycles. The molecule has 0 saturated carbocycles. The largest absolute Gasteiger partial charge is 0.497 e. The number of thioether (sulfide) groups is 1. The number of hydrogen-bond acceptors (Lipinski definition) is 6. The molecule has 3 amide bonds. The first kappa shape index (κ1) is 21.7. The number of hydrogen-bond donors (Lipinski definition) is 1. The van der Waals surface area contributed by atoms with Crippen molar-refractivity contribution >= 4 is 40.9 Å². The Labute approximate surface area is 179 Å². The van der Waals surface area contributed by atoms with Crippen molar-refractivity contribution in [1.82, 2.24) is 0 Å². The first-order chi connectivity index (χ1) is 14.4. The standard InChI is InChI=1S/C22H24N2O5S/c1-4-14-5-7-16(8-6-14)24-21(26)12-19(22(24)27)30-13-20(25)23-15-9-17(28-2)11-18(10-15)29-3/h5-11,19H,4,12-13H2,1-3H3,(H,23,25)/t19-/m0/s1. The number of carbonyl (C=O) groups is 3. The fourth-order valence-corrected chi connectivity index (χ4v) is 4.07. The van der Waals surface area contributed by atoms with Gasteiger partial charge in [-0.3, -0.25) is 14.4 Å². The molecule has 30 heavy (non-hydrogen) atoms. The van der Waals surface area contributed by atoms with Gasteiger partial charge in [0.15, 0.2) is 0 Å². The lowest BCUT2D eigenvalue weighted by Crippen LogP contribution is -2.31. The highest BCUT2D eigenvalue weighted by Crippen LogP contribution is 2.30. The van der Waals surface area contributed by atoms with Gasteiger partial charge in [-0.15, -0.1) is 11.8 Å². The van der Waals surface area contributed by atoms with Crippen LogP contribution < -0.4 is 19.7 Å². The zero-order valence-electron chi connectivity index (χ0n) is 17.1. The molecule has 8 heteroatoms. The second kappa shape index (κ2) is 9.67. The van der Waals surface area contributed by atoms with Crippen LogP contribution in [0.4, 0.5) is 11.4 Å². The van der Waals surface area contributed by atoms with Crippen LogP contribution in [-0.4, -0.2) is 42.9 Å². The van der Waals surface area contributed by atoms with E-state index in [1.54, 1.807) is 30.3 Å². The molecule has 0 radical (unpaired) electrons. The summed E-state index contributed by atoms with van der Waals surface area (Å²) in [6.45, 7) is 2.04. The van der Waals surface area contributed by atoms with E-state index < -0.39 is 5.25 Å². The molecule has 0 aliphatic carbocycles. The number of methoxy groups -OCH3 is 2. The van der Waals surface area contributed by atoms with E-state index in [1.165, 1.54) is 19.1 Å². The molecule has 1 heterocycles. The first-order valence-electron chi connectivity index (χ1n) is 9.55. The third kappa shape index (κ3) is 4.94. The predicted octanol–water partition coefficient (Wildman–Crippen LogP) is 3.27. The molecule has 7 nitrogen and oxygen atoms in total. The third-order valence-corrected chi connectivity index (χ3v) is 5.96.